The van der Waals surface area contributed by atoms with Crippen LogP contribution in [0.4, 0.5) is 8.78 Å². The van der Waals surface area contributed by atoms with Gasteiger partial charge in [0.05, 0.1) is 0 Å². The molecular formula is C16H17F2NS. The fourth-order valence-electron chi connectivity index (χ4n) is 1.94. The second-order valence-corrected chi connectivity index (χ2v) is 5.92. The van der Waals surface area contributed by atoms with Gasteiger partial charge in [-0.25, -0.2) is 8.78 Å². The van der Waals surface area contributed by atoms with Crippen LogP contribution in [0.5, 0.6) is 0 Å². The summed E-state index contributed by atoms with van der Waals surface area (Å²) in [5.41, 5.74) is 7.68. The van der Waals surface area contributed by atoms with Crippen molar-refractivity contribution in [1.82, 2.24) is 0 Å². The van der Waals surface area contributed by atoms with Crippen molar-refractivity contribution in [3.05, 3.63) is 65.2 Å². The van der Waals surface area contributed by atoms with E-state index in [1.165, 1.54) is 17.7 Å². The first-order valence-electron chi connectivity index (χ1n) is 6.43. The van der Waals surface area contributed by atoms with Gasteiger partial charge in [-0.05, 0) is 37.1 Å². The van der Waals surface area contributed by atoms with Crippen LogP contribution in [-0.2, 0) is 6.42 Å². The van der Waals surface area contributed by atoms with E-state index >= 15 is 0 Å². The lowest BCUT2D eigenvalue weighted by Crippen LogP contribution is -2.26. The first-order chi connectivity index (χ1) is 9.54. The summed E-state index contributed by atoms with van der Waals surface area (Å²) in [4.78, 5) is 1.15. The van der Waals surface area contributed by atoms with Crippen molar-refractivity contribution in [1.29, 1.82) is 0 Å². The van der Waals surface area contributed by atoms with Gasteiger partial charge >= 0.3 is 0 Å². The lowest BCUT2D eigenvalue weighted by Gasteiger charge is -2.12. The van der Waals surface area contributed by atoms with Crippen molar-refractivity contribution >= 4 is 11.8 Å². The number of rotatable bonds is 5. The number of thioether (sulfide) groups is 1. The molecule has 0 radical (unpaired) electrons. The third kappa shape index (κ3) is 4.32. The Bertz CT molecular complexity index is 586. The highest BCUT2D eigenvalue weighted by Crippen LogP contribution is 2.20. The third-order valence-electron chi connectivity index (χ3n) is 2.95. The standard InChI is InChI=1S/C16H17F2NS/c1-11-3-2-4-15(7-11)20-10-14(19)8-12-5-6-13(17)9-16(12)18/h2-7,9,14H,8,10,19H2,1H3. The summed E-state index contributed by atoms with van der Waals surface area (Å²) in [5.74, 6) is -0.393. The van der Waals surface area contributed by atoms with Crippen LogP contribution < -0.4 is 5.73 Å². The highest BCUT2D eigenvalue weighted by molar-refractivity contribution is 7.99. The molecular weight excluding hydrogens is 276 g/mol. The van der Waals surface area contributed by atoms with Crippen LogP contribution in [0.1, 0.15) is 11.1 Å². The number of hydrogen-bond acceptors (Lipinski definition) is 2. The number of benzene rings is 2. The van der Waals surface area contributed by atoms with E-state index in [1.807, 2.05) is 25.1 Å². The van der Waals surface area contributed by atoms with E-state index in [0.29, 0.717) is 17.7 Å². The fourth-order valence-corrected chi connectivity index (χ4v) is 2.91. The summed E-state index contributed by atoms with van der Waals surface area (Å²) in [7, 11) is 0. The van der Waals surface area contributed by atoms with Gasteiger partial charge in [-0.1, -0.05) is 23.8 Å². The highest BCUT2D eigenvalue weighted by Gasteiger charge is 2.10. The predicted molar refractivity (Wildman–Crippen MR) is 79.9 cm³/mol. The van der Waals surface area contributed by atoms with Crippen molar-refractivity contribution in [3.63, 3.8) is 0 Å². The van der Waals surface area contributed by atoms with Crippen LogP contribution in [0.2, 0.25) is 0 Å². The Morgan fingerprint density at radius 1 is 1.15 bits per heavy atom. The van der Waals surface area contributed by atoms with Crippen molar-refractivity contribution in [2.24, 2.45) is 5.73 Å². The average molecular weight is 293 g/mol. The Labute approximate surface area is 122 Å². The highest BCUT2D eigenvalue weighted by atomic mass is 32.2. The molecule has 4 heteroatoms. The Balaban J connectivity index is 1.90. The zero-order chi connectivity index (χ0) is 14.5. The maximum Gasteiger partial charge on any atom is 0.129 e. The Morgan fingerprint density at radius 2 is 1.95 bits per heavy atom. The Hall–Kier alpha value is -1.39. The van der Waals surface area contributed by atoms with Crippen molar-refractivity contribution in [2.75, 3.05) is 5.75 Å². The molecule has 20 heavy (non-hydrogen) atoms. The molecule has 1 nitrogen and oxygen atoms in total. The molecule has 0 saturated carbocycles. The van der Waals surface area contributed by atoms with Crippen molar-refractivity contribution in [2.45, 2.75) is 24.3 Å². The molecule has 2 aromatic rings. The molecule has 2 N–H and O–H groups in total. The summed E-state index contributed by atoms with van der Waals surface area (Å²) in [6, 6.07) is 11.6. The molecule has 0 bridgehead atoms. The first kappa shape index (κ1) is 15.0. The van der Waals surface area contributed by atoms with Gasteiger partial charge in [0.15, 0.2) is 0 Å². The Morgan fingerprint density at radius 3 is 2.65 bits per heavy atom. The van der Waals surface area contributed by atoms with Gasteiger partial charge in [0, 0.05) is 22.8 Å². The van der Waals surface area contributed by atoms with Gasteiger partial charge in [0.25, 0.3) is 0 Å². The van der Waals surface area contributed by atoms with Crippen molar-refractivity contribution in [3.8, 4) is 0 Å². The molecule has 2 aromatic carbocycles. The van der Waals surface area contributed by atoms with Gasteiger partial charge in [0.1, 0.15) is 11.6 Å². The Kier molecular flexibility index (Phi) is 5.15. The lowest BCUT2D eigenvalue weighted by atomic mass is 10.1. The van der Waals surface area contributed by atoms with E-state index in [2.05, 4.69) is 6.07 Å². The van der Waals surface area contributed by atoms with Gasteiger partial charge in [0.2, 0.25) is 0 Å². The van der Waals surface area contributed by atoms with E-state index < -0.39 is 11.6 Å². The molecule has 106 valence electrons. The van der Waals surface area contributed by atoms with E-state index in [-0.39, 0.29) is 6.04 Å². The molecule has 2 rings (SSSR count). The van der Waals surface area contributed by atoms with Crippen molar-refractivity contribution < 1.29 is 8.78 Å². The second-order valence-electron chi connectivity index (χ2n) is 4.83. The van der Waals surface area contributed by atoms with E-state index in [4.69, 9.17) is 5.73 Å². The maximum atomic E-state index is 13.5. The van der Waals surface area contributed by atoms with Gasteiger partial charge < -0.3 is 5.73 Å². The molecule has 0 spiro atoms. The zero-order valence-corrected chi connectivity index (χ0v) is 12.1. The monoisotopic (exact) mass is 293 g/mol. The molecule has 0 saturated heterocycles. The summed E-state index contributed by atoms with van der Waals surface area (Å²) < 4.78 is 26.3. The third-order valence-corrected chi connectivity index (χ3v) is 4.13. The average Bonchev–Trinajstić information content (AvgIpc) is 2.40. The maximum absolute atomic E-state index is 13.5. The van der Waals surface area contributed by atoms with Crippen LogP contribution in [0.3, 0.4) is 0 Å². The summed E-state index contributed by atoms with van der Waals surface area (Å²) in [5, 5.41) is 0. The van der Waals surface area contributed by atoms with E-state index in [1.54, 1.807) is 11.8 Å². The largest absolute Gasteiger partial charge is 0.327 e. The molecule has 0 aliphatic heterocycles. The number of hydrogen-bond donors (Lipinski definition) is 1. The van der Waals surface area contributed by atoms with Crippen LogP contribution in [0, 0.1) is 18.6 Å². The minimum atomic E-state index is -0.561. The minimum absolute atomic E-state index is 0.166. The molecule has 0 aliphatic rings. The second kappa shape index (κ2) is 6.86. The van der Waals surface area contributed by atoms with Crippen LogP contribution in [-0.4, -0.2) is 11.8 Å². The summed E-state index contributed by atoms with van der Waals surface area (Å²) >= 11 is 1.65. The fraction of sp³-hybridized carbons (Fsp3) is 0.250. The normalized spacial score (nSPS) is 12.4. The molecule has 0 aromatic heterocycles. The lowest BCUT2D eigenvalue weighted by molar-refractivity contribution is 0.565. The quantitative estimate of drug-likeness (QED) is 0.845. The predicted octanol–water partition coefficient (Wildman–Crippen LogP) is 3.94. The van der Waals surface area contributed by atoms with E-state index in [9.17, 15) is 8.78 Å². The molecule has 1 unspecified atom stereocenters. The van der Waals surface area contributed by atoms with Crippen LogP contribution in [0.15, 0.2) is 47.4 Å². The van der Waals surface area contributed by atoms with Gasteiger partial charge in [-0.15, -0.1) is 11.8 Å². The smallest absolute Gasteiger partial charge is 0.129 e. The summed E-state index contributed by atoms with van der Waals surface area (Å²) in [6.45, 7) is 2.04. The number of aryl methyl sites for hydroxylation is 1. The number of nitrogens with two attached hydrogens (primary N) is 1. The molecule has 0 aliphatic carbocycles. The van der Waals surface area contributed by atoms with Crippen LogP contribution in [0.25, 0.3) is 0 Å². The summed E-state index contributed by atoms with van der Waals surface area (Å²) in [6.07, 6.45) is 0.408. The van der Waals surface area contributed by atoms with Gasteiger partial charge in [-0.2, -0.15) is 0 Å². The van der Waals surface area contributed by atoms with Crippen LogP contribution >= 0.6 is 11.8 Å². The molecule has 0 amide bonds. The topological polar surface area (TPSA) is 26.0 Å². The minimum Gasteiger partial charge on any atom is -0.327 e. The molecule has 0 heterocycles. The zero-order valence-electron chi connectivity index (χ0n) is 11.3. The molecule has 0 fully saturated rings. The SMILES string of the molecule is Cc1cccc(SCC(N)Cc2ccc(F)cc2F)c1. The van der Waals surface area contributed by atoms with Gasteiger partial charge in [-0.3, -0.25) is 0 Å². The first-order valence-corrected chi connectivity index (χ1v) is 7.42. The van der Waals surface area contributed by atoms with E-state index in [0.717, 1.165) is 11.0 Å². The number of halogens is 2. The molecule has 1 atom stereocenters.